The van der Waals surface area contributed by atoms with Crippen LogP contribution in [-0.2, 0) is 5.41 Å². The summed E-state index contributed by atoms with van der Waals surface area (Å²) < 4.78 is 0. The van der Waals surface area contributed by atoms with Crippen molar-refractivity contribution in [1.29, 1.82) is 0 Å². The average Bonchev–Trinajstić information content (AvgIpc) is 3.41. The van der Waals surface area contributed by atoms with Crippen LogP contribution in [0.5, 0.6) is 0 Å². The lowest BCUT2D eigenvalue weighted by Gasteiger charge is -2.40. The van der Waals surface area contributed by atoms with E-state index in [9.17, 15) is 0 Å². The number of fused-ring (bicyclic) bond motifs is 10. The summed E-state index contributed by atoms with van der Waals surface area (Å²) in [5.74, 6) is 0. The maximum atomic E-state index is 4.61. The van der Waals surface area contributed by atoms with Crippen LogP contribution in [0.4, 0.5) is 0 Å². The van der Waals surface area contributed by atoms with Crippen LogP contribution >= 0.6 is 0 Å². The van der Waals surface area contributed by atoms with Gasteiger partial charge in [0, 0.05) is 11.6 Å². The first kappa shape index (κ1) is 24.6. The second kappa shape index (κ2) is 9.11. The zero-order valence-corrected chi connectivity index (χ0v) is 24.5. The molecule has 0 amide bonds. The van der Waals surface area contributed by atoms with Crippen molar-refractivity contribution in [2.75, 3.05) is 0 Å². The minimum atomic E-state index is -0.380. The number of nitrogens with zero attached hydrogens (tertiary/aromatic N) is 1. The Hall–Kier alpha value is -5.79. The molecule has 45 heavy (non-hydrogen) atoms. The summed E-state index contributed by atoms with van der Waals surface area (Å²) in [6.07, 6.45) is 1.86. The molecule has 0 radical (unpaired) electrons. The summed E-state index contributed by atoms with van der Waals surface area (Å²) in [5.41, 5.74) is 16.2. The van der Waals surface area contributed by atoms with E-state index < -0.39 is 0 Å². The fourth-order valence-electron chi connectivity index (χ4n) is 8.31. The largest absolute Gasteiger partial charge is 0.256 e. The molecule has 7 aromatic carbocycles. The molecular weight excluding hydrogens is 542 g/mol. The molecule has 2 aliphatic rings. The van der Waals surface area contributed by atoms with Crippen LogP contribution < -0.4 is 0 Å². The van der Waals surface area contributed by atoms with Crippen LogP contribution in [0, 0.1) is 0 Å². The Kier molecular flexibility index (Phi) is 4.99. The summed E-state index contributed by atoms with van der Waals surface area (Å²) in [5, 5.41) is 3.80. The average molecular weight is 570 g/mol. The molecule has 0 unspecified atom stereocenters. The molecule has 8 aromatic rings. The minimum absolute atomic E-state index is 0.380. The van der Waals surface area contributed by atoms with Gasteiger partial charge in [0.15, 0.2) is 0 Å². The molecule has 0 saturated carbocycles. The molecule has 0 N–H and O–H groups in total. The van der Waals surface area contributed by atoms with E-state index in [1.165, 1.54) is 77.5 Å². The van der Waals surface area contributed by atoms with Gasteiger partial charge in [0.05, 0.1) is 10.9 Å². The predicted octanol–water partition coefficient (Wildman–Crippen LogP) is 11.1. The van der Waals surface area contributed by atoms with Gasteiger partial charge in [-0.05, 0) is 95.7 Å². The van der Waals surface area contributed by atoms with E-state index in [4.69, 9.17) is 0 Å². The summed E-state index contributed by atoms with van der Waals surface area (Å²) in [4.78, 5) is 4.61. The van der Waals surface area contributed by atoms with Gasteiger partial charge in [-0.15, -0.1) is 0 Å². The number of hydrogen-bond acceptors (Lipinski definition) is 1. The molecule has 0 aliphatic heterocycles. The molecule has 1 heteroatoms. The molecular formula is C44H27N. The van der Waals surface area contributed by atoms with E-state index in [-0.39, 0.29) is 5.41 Å². The third kappa shape index (κ3) is 3.25. The molecule has 208 valence electrons. The summed E-state index contributed by atoms with van der Waals surface area (Å²) in [6, 6.07) is 58.4. The van der Waals surface area contributed by atoms with Crippen LogP contribution in [-0.4, -0.2) is 4.98 Å². The van der Waals surface area contributed by atoms with Crippen LogP contribution in [0.3, 0.4) is 0 Å². The summed E-state index contributed by atoms with van der Waals surface area (Å²) in [6.45, 7) is 0. The van der Waals surface area contributed by atoms with Gasteiger partial charge in [-0.1, -0.05) is 140 Å². The van der Waals surface area contributed by atoms with Crippen molar-refractivity contribution < 1.29 is 0 Å². The van der Waals surface area contributed by atoms with Crippen molar-refractivity contribution in [3.63, 3.8) is 0 Å². The summed E-state index contributed by atoms with van der Waals surface area (Å²) in [7, 11) is 0. The molecule has 1 aromatic heterocycles. The first-order chi connectivity index (χ1) is 22.3. The fourth-order valence-corrected chi connectivity index (χ4v) is 8.31. The molecule has 1 heterocycles. The first-order valence-corrected chi connectivity index (χ1v) is 15.6. The molecule has 0 saturated heterocycles. The number of rotatable bonds is 2. The van der Waals surface area contributed by atoms with Crippen LogP contribution in [0.25, 0.3) is 66.2 Å². The van der Waals surface area contributed by atoms with Crippen molar-refractivity contribution in [3.05, 3.63) is 186 Å². The quantitative estimate of drug-likeness (QED) is 0.202. The fraction of sp³-hybridized carbons (Fsp3) is 0.0227. The second-order valence-corrected chi connectivity index (χ2v) is 12.3. The van der Waals surface area contributed by atoms with Crippen molar-refractivity contribution in [2.45, 2.75) is 5.41 Å². The van der Waals surface area contributed by atoms with E-state index >= 15 is 0 Å². The lowest BCUT2D eigenvalue weighted by atomic mass is 9.61. The van der Waals surface area contributed by atoms with Crippen LogP contribution in [0.2, 0.25) is 0 Å². The van der Waals surface area contributed by atoms with Crippen LogP contribution in [0.1, 0.15) is 22.3 Å². The van der Waals surface area contributed by atoms with Crippen molar-refractivity contribution in [1.82, 2.24) is 4.98 Å². The highest BCUT2D eigenvalue weighted by atomic mass is 14.6. The summed E-state index contributed by atoms with van der Waals surface area (Å²) >= 11 is 0. The van der Waals surface area contributed by atoms with Crippen molar-refractivity contribution in [2.24, 2.45) is 0 Å². The molecule has 0 atom stereocenters. The minimum Gasteiger partial charge on any atom is -0.256 e. The van der Waals surface area contributed by atoms with Gasteiger partial charge in [0.2, 0.25) is 0 Å². The Morgan fingerprint density at radius 3 is 1.73 bits per heavy atom. The lowest BCUT2D eigenvalue weighted by molar-refractivity contribution is 0.773. The van der Waals surface area contributed by atoms with E-state index in [0.717, 1.165) is 10.9 Å². The number of aromatic nitrogens is 1. The van der Waals surface area contributed by atoms with Gasteiger partial charge < -0.3 is 0 Å². The SMILES string of the molecule is c1cc(-c2ccc3cccnc3c2)cc(-c2ccc3c4c(cccc24)C2(c4ccccc4-c4ccccc42)c2ccccc2-3)c1. The highest BCUT2D eigenvalue weighted by Gasteiger charge is 2.49. The highest BCUT2D eigenvalue weighted by Crippen LogP contribution is 2.62. The number of hydrogen-bond donors (Lipinski definition) is 0. The Balaban J connectivity index is 1.26. The Bertz CT molecular complexity index is 2460. The monoisotopic (exact) mass is 569 g/mol. The zero-order chi connectivity index (χ0) is 29.5. The maximum Gasteiger partial charge on any atom is 0.0725 e. The van der Waals surface area contributed by atoms with Crippen LogP contribution in [0.15, 0.2) is 164 Å². The van der Waals surface area contributed by atoms with E-state index in [1.54, 1.807) is 0 Å². The Morgan fingerprint density at radius 1 is 0.378 bits per heavy atom. The number of benzene rings is 7. The number of pyridine rings is 1. The molecule has 0 bridgehead atoms. The van der Waals surface area contributed by atoms with E-state index in [2.05, 4.69) is 157 Å². The molecule has 2 aliphatic carbocycles. The van der Waals surface area contributed by atoms with Gasteiger partial charge in [-0.25, -0.2) is 0 Å². The normalized spacial score (nSPS) is 13.5. The first-order valence-electron chi connectivity index (χ1n) is 15.6. The zero-order valence-electron chi connectivity index (χ0n) is 24.5. The van der Waals surface area contributed by atoms with E-state index in [0.29, 0.717) is 0 Å². The van der Waals surface area contributed by atoms with Crippen molar-refractivity contribution >= 4 is 21.7 Å². The second-order valence-electron chi connectivity index (χ2n) is 12.3. The smallest absolute Gasteiger partial charge is 0.0725 e. The highest BCUT2D eigenvalue weighted by molar-refractivity contribution is 6.11. The van der Waals surface area contributed by atoms with Gasteiger partial charge >= 0.3 is 0 Å². The maximum absolute atomic E-state index is 4.61. The molecule has 1 spiro atoms. The van der Waals surface area contributed by atoms with Gasteiger partial charge in [-0.3, -0.25) is 4.98 Å². The molecule has 0 fully saturated rings. The van der Waals surface area contributed by atoms with Gasteiger partial charge in [0.25, 0.3) is 0 Å². The van der Waals surface area contributed by atoms with Gasteiger partial charge in [-0.2, -0.15) is 0 Å². The third-order valence-electron chi connectivity index (χ3n) is 10.1. The lowest BCUT2D eigenvalue weighted by Crippen LogP contribution is -2.31. The van der Waals surface area contributed by atoms with Crippen molar-refractivity contribution in [3.8, 4) is 44.5 Å². The van der Waals surface area contributed by atoms with Gasteiger partial charge in [0.1, 0.15) is 0 Å². The van der Waals surface area contributed by atoms with E-state index in [1.807, 2.05) is 12.3 Å². The standard InChI is InChI=1S/C44H27N/c1-4-17-38-33(13-1)34-14-2-5-18-39(34)44(38)40-19-6-3-15-35(40)37-24-23-32(36-16-8-20-41(44)43(36)37)31-11-7-10-29(26-31)30-22-21-28-12-9-25-45-42(28)27-30/h1-27H. The predicted molar refractivity (Wildman–Crippen MR) is 186 cm³/mol. The third-order valence-corrected chi connectivity index (χ3v) is 10.1. The Labute approximate surface area is 262 Å². The topological polar surface area (TPSA) is 12.9 Å². The molecule has 10 rings (SSSR count). The molecule has 1 nitrogen and oxygen atoms in total. The Morgan fingerprint density at radius 2 is 0.978 bits per heavy atom.